The van der Waals surface area contributed by atoms with Gasteiger partial charge in [0.15, 0.2) is 0 Å². The van der Waals surface area contributed by atoms with Crippen LogP contribution in [0.15, 0.2) is 22.8 Å². The Balaban J connectivity index is 1.66. The van der Waals surface area contributed by atoms with E-state index >= 15 is 0 Å². The fraction of sp³-hybridized carbons (Fsp3) is 0.714. The van der Waals surface area contributed by atoms with Crippen molar-refractivity contribution in [2.45, 2.75) is 32.7 Å². The first-order valence-electron chi connectivity index (χ1n) is 6.75. The Morgan fingerprint density at radius 3 is 2.76 bits per heavy atom. The van der Waals surface area contributed by atoms with Gasteiger partial charge in [0.25, 0.3) is 0 Å². The van der Waals surface area contributed by atoms with Crippen molar-refractivity contribution in [1.29, 1.82) is 0 Å². The van der Waals surface area contributed by atoms with Crippen LogP contribution in [0.4, 0.5) is 0 Å². The van der Waals surface area contributed by atoms with Gasteiger partial charge < -0.3 is 14.6 Å². The van der Waals surface area contributed by atoms with Crippen LogP contribution in [0.3, 0.4) is 0 Å². The molecule has 1 aromatic heterocycles. The van der Waals surface area contributed by atoms with Gasteiger partial charge in [0.2, 0.25) is 0 Å². The Kier molecular flexibility index (Phi) is 4.63. The van der Waals surface area contributed by atoms with E-state index in [4.69, 9.17) is 4.42 Å². The lowest BCUT2D eigenvalue weighted by molar-refractivity contribution is 0.276. The number of hydrogen-bond donors (Lipinski definition) is 1. The highest BCUT2D eigenvalue weighted by atomic mass is 16.3. The SMILES string of the molecule is CC(CNC(C)c1ccco1)CN1CCCC1. The lowest BCUT2D eigenvalue weighted by Gasteiger charge is -2.21. The van der Waals surface area contributed by atoms with E-state index in [-0.39, 0.29) is 0 Å². The molecule has 1 aliphatic rings. The zero-order valence-electron chi connectivity index (χ0n) is 11.0. The summed E-state index contributed by atoms with van der Waals surface area (Å²) in [7, 11) is 0. The number of nitrogens with zero attached hydrogens (tertiary/aromatic N) is 1. The molecule has 3 nitrogen and oxygen atoms in total. The second-order valence-electron chi connectivity index (χ2n) is 5.26. The molecule has 1 fully saturated rings. The maximum absolute atomic E-state index is 5.39. The molecular weight excluding hydrogens is 212 g/mol. The van der Waals surface area contributed by atoms with Gasteiger partial charge in [-0.1, -0.05) is 6.92 Å². The van der Waals surface area contributed by atoms with Crippen LogP contribution in [0.2, 0.25) is 0 Å². The van der Waals surface area contributed by atoms with E-state index in [2.05, 4.69) is 24.1 Å². The average Bonchev–Trinajstić information content (AvgIpc) is 2.97. The molecule has 2 heterocycles. The molecule has 2 atom stereocenters. The van der Waals surface area contributed by atoms with Crippen molar-refractivity contribution in [2.24, 2.45) is 5.92 Å². The second kappa shape index (κ2) is 6.22. The molecular formula is C14H24N2O. The Bertz CT molecular complexity index is 304. The Morgan fingerprint density at radius 1 is 1.35 bits per heavy atom. The molecule has 0 radical (unpaired) electrons. The molecule has 96 valence electrons. The maximum Gasteiger partial charge on any atom is 0.120 e. The zero-order chi connectivity index (χ0) is 12.1. The van der Waals surface area contributed by atoms with Crippen LogP contribution >= 0.6 is 0 Å². The highest BCUT2D eigenvalue weighted by Gasteiger charge is 2.15. The van der Waals surface area contributed by atoms with Gasteiger partial charge in [-0.25, -0.2) is 0 Å². The molecule has 1 aliphatic heterocycles. The van der Waals surface area contributed by atoms with E-state index in [0.29, 0.717) is 12.0 Å². The third-order valence-electron chi connectivity index (χ3n) is 3.51. The smallest absolute Gasteiger partial charge is 0.120 e. The van der Waals surface area contributed by atoms with Gasteiger partial charge in [-0.2, -0.15) is 0 Å². The van der Waals surface area contributed by atoms with Crippen LogP contribution in [0.25, 0.3) is 0 Å². The van der Waals surface area contributed by atoms with Gasteiger partial charge in [0.1, 0.15) is 5.76 Å². The summed E-state index contributed by atoms with van der Waals surface area (Å²) >= 11 is 0. The minimum atomic E-state index is 0.311. The van der Waals surface area contributed by atoms with Gasteiger partial charge in [0.05, 0.1) is 12.3 Å². The van der Waals surface area contributed by atoms with Crippen LogP contribution < -0.4 is 5.32 Å². The van der Waals surface area contributed by atoms with Crippen molar-refractivity contribution in [3.63, 3.8) is 0 Å². The molecule has 1 N–H and O–H groups in total. The van der Waals surface area contributed by atoms with Gasteiger partial charge >= 0.3 is 0 Å². The highest BCUT2D eigenvalue weighted by Crippen LogP contribution is 2.14. The summed E-state index contributed by atoms with van der Waals surface area (Å²) in [6.07, 6.45) is 4.49. The summed E-state index contributed by atoms with van der Waals surface area (Å²) in [5.74, 6) is 1.73. The molecule has 0 amide bonds. The van der Waals surface area contributed by atoms with Crippen LogP contribution in [-0.2, 0) is 0 Å². The summed E-state index contributed by atoms with van der Waals surface area (Å²) < 4.78 is 5.39. The summed E-state index contributed by atoms with van der Waals surface area (Å²) in [6.45, 7) is 9.33. The molecule has 3 heteroatoms. The van der Waals surface area contributed by atoms with Crippen molar-refractivity contribution in [3.05, 3.63) is 24.2 Å². The van der Waals surface area contributed by atoms with Crippen LogP contribution in [0, 0.1) is 5.92 Å². The quantitative estimate of drug-likeness (QED) is 0.823. The molecule has 0 aromatic carbocycles. The Morgan fingerprint density at radius 2 is 2.12 bits per heavy atom. The van der Waals surface area contributed by atoms with E-state index in [0.717, 1.165) is 12.3 Å². The fourth-order valence-corrected chi connectivity index (χ4v) is 2.49. The normalized spacial score (nSPS) is 20.6. The summed E-state index contributed by atoms with van der Waals surface area (Å²) in [4.78, 5) is 2.57. The van der Waals surface area contributed by atoms with Crippen LogP contribution in [-0.4, -0.2) is 31.1 Å². The third kappa shape index (κ3) is 3.86. The number of furan rings is 1. The summed E-state index contributed by atoms with van der Waals surface area (Å²) in [5.41, 5.74) is 0. The molecule has 0 saturated carbocycles. The maximum atomic E-state index is 5.39. The first kappa shape index (κ1) is 12.7. The second-order valence-corrected chi connectivity index (χ2v) is 5.26. The molecule has 1 saturated heterocycles. The number of hydrogen-bond acceptors (Lipinski definition) is 3. The molecule has 0 bridgehead atoms. The highest BCUT2D eigenvalue weighted by molar-refractivity contribution is 5.02. The van der Waals surface area contributed by atoms with Crippen molar-refractivity contribution < 1.29 is 4.42 Å². The van der Waals surface area contributed by atoms with Gasteiger partial charge in [-0.05, 0) is 57.5 Å². The van der Waals surface area contributed by atoms with E-state index in [1.54, 1.807) is 6.26 Å². The largest absolute Gasteiger partial charge is 0.468 e. The molecule has 1 aromatic rings. The van der Waals surface area contributed by atoms with Crippen LogP contribution in [0.1, 0.15) is 38.5 Å². The monoisotopic (exact) mass is 236 g/mol. The average molecular weight is 236 g/mol. The van der Waals surface area contributed by atoms with Gasteiger partial charge in [-0.3, -0.25) is 0 Å². The molecule has 17 heavy (non-hydrogen) atoms. The van der Waals surface area contributed by atoms with Crippen molar-refractivity contribution in [3.8, 4) is 0 Å². The third-order valence-corrected chi connectivity index (χ3v) is 3.51. The van der Waals surface area contributed by atoms with E-state index in [1.807, 2.05) is 12.1 Å². The summed E-state index contributed by atoms with van der Waals surface area (Å²) in [6, 6.07) is 4.29. The minimum Gasteiger partial charge on any atom is -0.468 e. The van der Waals surface area contributed by atoms with Crippen molar-refractivity contribution in [1.82, 2.24) is 10.2 Å². The predicted molar refractivity (Wildman–Crippen MR) is 70.0 cm³/mol. The number of likely N-dealkylation sites (tertiary alicyclic amines) is 1. The Hall–Kier alpha value is -0.800. The minimum absolute atomic E-state index is 0.311. The predicted octanol–water partition coefficient (Wildman–Crippen LogP) is 2.66. The van der Waals surface area contributed by atoms with Crippen LogP contribution in [0.5, 0.6) is 0 Å². The Labute approximate surface area is 104 Å². The van der Waals surface area contributed by atoms with E-state index in [9.17, 15) is 0 Å². The van der Waals surface area contributed by atoms with E-state index < -0.39 is 0 Å². The molecule has 2 rings (SSSR count). The molecule has 0 spiro atoms. The fourth-order valence-electron chi connectivity index (χ4n) is 2.49. The molecule has 0 aliphatic carbocycles. The first-order chi connectivity index (χ1) is 8.25. The summed E-state index contributed by atoms with van der Waals surface area (Å²) in [5, 5.41) is 3.54. The van der Waals surface area contributed by atoms with Gasteiger partial charge in [-0.15, -0.1) is 0 Å². The molecule has 2 unspecified atom stereocenters. The first-order valence-corrected chi connectivity index (χ1v) is 6.75. The van der Waals surface area contributed by atoms with Gasteiger partial charge in [0, 0.05) is 6.54 Å². The lowest BCUT2D eigenvalue weighted by Crippen LogP contribution is -2.32. The standard InChI is InChI=1S/C14H24N2O/c1-12(11-16-7-3-4-8-16)10-15-13(2)14-6-5-9-17-14/h5-6,9,12-13,15H,3-4,7-8,10-11H2,1-2H3. The number of nitrogens with one attached hydrogen (secondary N) is 1. The van der Waals surface area contributed by atoms with Crippen molar-refractivity contribution >= 4 is 0 Å². The zero-order valence-corrected chi connectivity index (χ0v) is 11.0. The lowest BCUT2D eigenvalue weighted by atomic mass is 10.1. The van der Waals surface area contributed by atoms with Crippen molar-refractivity contribution in [2.75, 3.05) is 26.2 Å². The van der Waals surface area contributed by atoms with E-state index in [1.165, 1.54) is 32.5 Å². The topological polar surface area (TPSA) is 28.4 Å². The number of rotatable bonds is 6.